The summed E-state index contributed by atoms with van der Waals surface area (Å²) in [5, 5.41) is 7.79. The van der Waals surface area contributed by atoms with E-state index in [1.165, 1.54) is 0 Å². The van der Waals surface area contributed by atoms with Gasteiger partial charge in [0.25, 0.3) is 0 Å². The first-order valence-electron chi connectivity index (χ1n) is 6.16. The number of amides is 1. The van der Waals surface area contributed by atoms with Gasteiger partial charge in [-0.25, -0.2) is 4.79 Å². The quantitative estimate of drug-likeness (QED) is 0.769. The van der Waals surface area contributed by atoms with Crippen molar-refractivity contribution in [3.8, 4) is 0 Å². The molecule has 1 aromatic heterocycles. The minimum absolute atomic E-state index is 0.152. The van der Waals surface area contributed by atoms with E-state index in [4.69, 9.17) is 9.15 Å². The van der Waals surface area contributed by atoms with Crippen LogP contribution in [0.5, 0.6) is 0 Å². The lowest BCUT2D eigenvalue weighted by molar-refractivity contribution is 0.0203. The minimum atomic E-state index is -0.491. The fourth-order valence-electron chi connectivity index (χ4n) is 2.01. The lowest BCUT2D eigenvalue weighted by Gasteiger charge is -2.27. The number of ether oxygens (including phenoxy) is 1. The molecule has 0 spiro atoms. The maximum atomic E-state index is 12.1. The van der Waals surface area contributed by atoms with Crippen LogP contribution in [-0.4, -0.2) is 33.3 Å². The number of aryl methyl sites for hydroxylation is 1. The van der Waals surface area contributed by atoms with Crippen molar-refractivity contribution in [1.82, 2.24) is 15.1 Å². The molecule has 0 bridgehead atoms. The van der Waals surface area contributed by atoms with Crippen LogP contribution in [0.25, 0.3) is 0 Å². The highest BCUT2D eigenvalue weighted by atomic mass is 16.6. The van der Waals surface area contributed by atoms with Crippen molar-refractivity contribution in [3.63, 3.8) is 0 Å². The lowest BCUT2D eigenvalue weighted by Crippen LogP contribution is -2.36. The van der Waals surface area contributed by atoms with Crippen LogP contribution in [0.1, 0.15) is 51.4 Å². The number of carbonyl (C=O) groups is 1. The molecule has 0 aliphatic carbocycles. The molecule has 1 aromatic rings. The van der Waals surface area contributed by atoms with E-state index in [2.05, 4.69) is 10.2 Å². The van der Waals surface area contributed by atoms with Gasteiger partial charge in [-0.15, -0.1) is 10.2 Å². The van der Waals surface area contributed by atoms with Gasteiger partial charge in [0.2, 0.25) is 11.8 Å². The summed E-state index contributed by atoms with van der Waals surface area (Å²) in [4.78, 5) is 13.7. The Kier molecular flexibility index (Phi) is 3.28. The second-order valence-electron chi connectivity index (χ2n) is 5.49. The Bertz CT molecular complexity index is 436. The second kappa shape index (κ2) is 4.59. The van der Waals surface area contributed by atoms with E-state index in [9.17, 15) is 4.79 Å². The van der Waals surface area contributed by atoms with E-state index >= 15 is 0 Å². The molecule has 1 aliphatic heterocycles. The largest absolute Gasteiger partial charge is 0.444 e. The summed E-state index contributed by atoms with van der Waals surface area (Å²) >= 11 is 0. The molecule has 1 amide bonds. The molecule has 1 fully saturated rings. The lowest BCUT2D eigenvalue weighted by atomic mass is 10.2. The number of aromatic nitrogens is 2. The zero-order valence-electron chi connectivity index (χ0n) is 11.3. The van der Waals surface area contributed by atoms with Gasteiger partial charge in [0.15, 0.2) is 0 Å². The summed E-state index contributed by atoms with van der Waals surface area (Å²) in [5.74, 6) is 1.01. The molecule has 2 heterocycles. The fourth-order valence-corrected chi connectivity index (χ4v) is 2.01. The predicted octanol–water partition coefficient (Wildman–Crippen LogP) is 2.45. The summed E-state index contributed by atoms with van der Waals surface area (Å²) in [7, 11) is 0. The van der Waals surface area contributed by atoms with Crippen molar-refractivity contribution in [1.29, 1.82) is 0 Å². The van der Waals surface area contributed by atoms with E-state index in [0.717, 1.165) is 12.8 Å². The third-order valence-electron chi connectivity index (χ3n) is 2.71. The van der Waals surface area contributed by atoms with E-state index in [-0.39, 0.29) is 12.1 Å². The average molecular weight is 253 g/mol. The van der Waals surface area contributed by atoms with Gasteiger partial charge in [-0.1, -0.05) is 0 Å². The van der Waals surface area contributed by atoms with Crippen molar-refractivity contribution >= 4 is 6.09 Å². The zero-order valence-corrected chi connectivity index (χ0v) is 11.3. The van der Waals surface area contributed by atoms with E-state index < -0.39 is 5.60 Å². The number of hydrogen-bond donors (Lipinski definition) is 0. The predicted molar refractivity (Wildman–Crippen MR) is 64.0 cm³/mol. The molecular weight excluding hydrogens is 234 g/mol. The van der Waals surface area contributed by atoms with Crippen molar-refractivity contribution in [2.75, 3.05) is 6.54 Å². The molecule has 0 unspecified atom stereocenters. The molecule has 0 N–H and O–H groups in total. The third kappa shape index (κ3) is 2.80. The summed E-state index contributed by atoms with van der Waals surface area (Å²) in [5.41, 5.74) is -0.491. The van der Waals surface area contributed by atoms with Gasteiger partial charge in [-0.3, -0.25) is 4.90 Å². The standard InChI is InChI=1S/C12H19N3O3/c1-8-13-14-10(17-8)9-6-5-7-15(9)11(16)18-12(2,3)4/h9H,5-7H2,1-4H3/t9-/m0/s1. The van der Waals surface area contributed by atoms with Gasteiger partial charge in [0.05, 0.1) is 0 Å². The van der Waals surface area contributed by atoms with Crippen molar-refractivity contribution < 1.29 is 13.9 Å². The van der Waals surface area contributed by atoms with Crippen LogP contribution in [0, 0.1) is 6.92 Å². The van der Waals surface area contributed by atoms with Crippen LogP contribution in [-0.2, 0) is 4.74 Å². The first-order valence-corrected chi connectivity index (χ1v) is 6.16. The van der Waals surface area contributed by atoms with Gasteiger partial charge < -0.3 is 9.15 Å². The highest BCUT2D eigenvalue weighted by molar-refractivity contribution is 5.69. The van der Waals surface area contributed by atoms with Crippen LogP contribution in [0.4, 0.5) is 4.79 Å². The first kappa shape index (κ1) is 12.9. The van der Waals surface area contributed by atoms with E-state index in [1.54, 1.807) is 11.8 Å². The summed E-state index contributed by atoms with van der Waals surface area (Å²) in [6.07, 6.45) is 1.44. The maximum Gasteiger partial charge on any atom is 0.410 e. The topological polar surface area (TPSA) is 68.5 Å². The Morgan fingerprint density at radius 3 is 2.72 bits per heavy atom. The molecule has 1 aliphatic rings. The van der Waals surface area contributed by atoms with Gasteiger partial charge in [-0.2, -0.15) is 0 Å². The van der Waals surface area contributed by atoms with Gasteiger partial charge in [0.1, 0.15) is 11.6 Å². The molecule has 6 nitrogen and oxygen atoms in total. The van der Waals surface area contributed by atoms with Gasteiger partial charge in [0, 0.05) is 13.5 Å². The molecule has 2 rings (SSSR count). The molecular formula is C12H19N3O3. The van der Waals surface area contributed by atoms with Crippen molar-refractivity contribution in [2.24, 2.45) is 0 Å². The highest BCUT2D eigenvalue weighted by Gasteiger charge is 2.36. The van der Waals surface area contributed by atoms with Crippen molar-refractivity contribution in [3.05, 3.63) is 11.8 Å². The zero-order chi connectivity index (χ0) is 13.3. The Morgan fingerprint density at radius 1 is 1.44 bits per heavy atom. The number of carbonyl (C=O) groups excluding carboxylic acids is 1. The van der Waals surface area contributed by atoms with Crippen LogP contribution >= 0.6 is 0 Å². The molecule has 0 radical (unpaired) electrons. The van der Waals surface area contributed by atoms with E-state index in [1.807, 2.05) is 20.8 Å². The van der Waals surface area contributed by atoms with Gasteiger partial charge >= 0.3 is 6.09 Å². The normalized spacial score (nSPS) is 20.2. The summed E-state index contributed by atoms with van der Waals surface area (Å²) in [6.45, 7) is 7.97. The van der Waals surface area contributed by atoms with Crippen LogP contribution in [0.15, 0.2) is 4.42 Å². The Balaban J connectivity index is 2.10. The maximum absolute atomic E-state index is 12.1. The molecule has 0 saturated carbocycles. The van der Waals surface area contributed by atoms with Crippen LogP contribution < -0.4 is 0 Å². The third-order valence-corrected chi connectivity index (χ3v) is 2.71. The molecule has 6 heteroatoms. The molecule has 0 aromatic carbocycles. The number of rotatable bonds is 1. The highest BCUT2D eigenvalue weighted by Crippen LogP contribution is 2.32. The monoisotopic (exact) mass is 253 g/mol. The Labute approximate surface area is 106 Å². The SMILES string of the molecule is Cc1nnc([C@@H]2CCCN2C(=O)OC(C)(C)C)o1. The molecule has 1 atom stereocenters. The first-order chi connectivity index (χ1) is 8.37. The molecule has 100 valence electrons. The molecule has 1 saturated heterocycles. The van der Waals surface area contributed by atoms with Crippen molar-refractivity contribution in [2.45, 2.75) is 52.2 Å². The van der Waals surface area contributed by atoms with Crippen LogP contribution in [0.2, 0.25) is 0 Å². The summed E-state index contributed by atoms with van der Waals surface area (Å²) in [6, 6.07) is -0.152. The van der Waals surface area contributed by atoms with E-state index in [0.29, 0.717) is 18.3 Å². The van der Waals surface area contributed by atoms with Crippen LogP contribution in [0.3, 0.4) is 0 Å². The Hall–Kier alpha value is -1.59. The number of likely N-dealkylation sites (tertiary alicyclic amines) is 1. The minimum Gasteiger partial charge on any atom is -0.444 e. The fraction of sp³-hybridized carbons (Fsp3) is 0.750. The number of hydrogen-bond acceptors (Lipinski definition) is 5. The smallest absolute Gasteiger partial charge is 0.410 e. The van der Waals surface area contributed by atoms with Gasteiger partial charge in [-0.05, 0) is 33.6 Å². The second-order valence-corrected chi connectivity index (χ2v) is 5.49. The average Bonchev–Trinajstić information content (AvgIpc) is 2.81. The molecule has 18 heavy (non-hydrogen) atoms. The number of nitrogens with zero attached hydrogens (tertiary/aromatic N) is 3. The summed E-state index contributed by atoms with van der Waals surface area (Å²) < 4.78 is 10.8. The Morgan fingerprint density at radius 2 is 2.17 bits per heavy atom.